The Bertz CT molecular complexity index is 654. The molecule has 0 aliphatic rings. The summed E-state index contributed by atoms with van der Waals surface area (Å²) in [6.07, 6.45) is 0.953. The van der Waals surface area contributed by atoms with E-state index in [9.17, 15) is 4.79 Å². The highest BCUT2D eigenvalue weighted by molar-refractivity contribution is 5.80. The highest BCUT2D eigenvalue weighted by Crippen LogP contribution is 2.15. The van der Waals surface area contributed by atoms with E-state index in [-0.39, 0.29) is 5.43 Å². The van der Waals surface area contributed by atoms with E-state index in [1.807, 2.05) is 19.1 Å². The van der Waals surface area contributed by atoms with Crippen LogP contribution in [0.2, 0.25) is 0 Å². The molecule has 0 saturated heterocycles. The number of pyridine rings is 1. The molecule has 0 unspecified atom stereocenters. The van der Waals surface area contributed by atoms with Crippen LogP contribution < -0.4 is 5.43 Å². The first kappa shape index (κ1) is 14.8. The monoisotopic (exact) mass is 272 g/mol. The van der Waals surface area contributed by atoms with Crippen LogP contribution in [0.4, 0.5) is 0 Å². The molecule has 0 fully saturated rings. The molecule has 0 amide bonds. The number of benzene rings is 1. The van der Waals surface area contributed by atoms with Gasteiger partial charge in [0.25, 0.3) is 0 Å². The average Bonchev–Trinajstić information content (AvgIpc) is 2.47. The lowest BCUT2D eigenvalue weighted by Gasteiger charge is -2.19. The summed E-state index contributed by atoms with van der Waals surface area (Å²) >= 11 is 0. The highest BCUT2D eigenvalue weighted by atomic mass is 16.1. The molecule has 2 aromatic rings. The summed E-state index contributed by atoms with van der Waals surface area (Å²) in [6.45, 7) is 11.0. The smallest absolute Gasteiger partial charge is 0.194 e. The second-order valence-electron chi connectivity index (χ2n) is 5.25. The third-order valence-corrected chi connectivity index (χ3v) is 4.06. The van der Waals surface area contributed by atoms with Gasteiger partial charge in [0, 0.05) is 28.7 Å². The Kier molecular flexibility index (Phi) is 4.61. The Morgan fingerprint density at radius 2 is 1.85 bits per heavy atom. The van der Waals surface area contributed by atoms with Crippen molar-refractivity contribution < 1.29 is 0 Å². The molecule has 3 heteroatoms. The lowest BCUT2D eigenvalue weighted by atomic mass is 10.0. The van der Waals surface area contributed by atoms with Gasteiger partial charge in [-0.1, -0.05) is 26.8 Å². The van der Waals surface area contributed by atoms with Crippen LogP contribution in [-0.4, -0.2) is 23.0 Å². The maximum Gasteiger partial charge on any atom is 0.194 e. The largest absolute Gasteiger partial charge is 0.358 e. The van der Waals surface area contributed by atoms with Crippen molar-refractivity contribution in [3.63, 3.8) is 0 Å². The van der Waals surface area contributed by atoms with Crippen molar-refractivity contribution in [3.8, 4) is 0 Å². The standard InChI is InChI=1S/C17H24N2O/c1-5-13-8-9-16-14(10-13)17(20)15(12(4)18-16)11-19(6-2)7-3/h8-10H,5-7,11H2,1-4H3,(H,18,20). The van der Waals surface area contributed by atoms with Gasteiger partial charge in [0.2, 0.25) is 0 Å². The van der Waals surface area contributed by atoms with Crippen LogP contribution in [0, 0.1) is 6.92 Å². The van der Waals surface area contributed by atoms with Gasteiger partial charge < -0.3 is 4.98 Å². The van der Waals surface area contributed by atoms with Crippen LogP contribution in [0.5, 0.6) is 0 Å². The minimum Gasteiger partial charge on any atom is -0.358 e. The van der Waals surface area contributed by atoms with Crippen molar-refractivity contribution >= 4 is 10.9 Å². The summed E-state index contributed by atoms with van der Waals surface area (Å²) in [7, 11) is 0. The van der Waals surface area contributed by atoms with Crippen molar-refractivity contribution in [1.29, 1.82) is 0 Å². The number of fused-ring (bicyclic) bond motifs is 1. The topological polar surface area (TPSA) is 36.1 Å². The molecule has 0 saturated carbocycles. The molecule has 0 radical (unpaired) electrons. The highest BCUT2D eigenvalue weighted by Gasteiger charge is 2.12. The number of H-pyrrole nitrogens is 1. The van der Waals surface area contributed by atoms with Crippen LogP contribution in [-0.2, 0) is 13.0 Å². The Balaban J connectivity index is 2.57. The van der Waals surface area contributed by atoms with Gasteiger partial charge in [-0.2, -0.15) is 0 Å². The summed E-state index contributed by atoms with van der Waals surface area (Å²) in [6, 6.07) is 6.13. The summed E-state index contributed by atoms with van der Waals surface area (Å²) in [4.78, 5) is 18.4. The van der Waals surface area contributed by atoms with E-state index in [2.05, 4.69) is 36.7 Å². The molecule has 0 aliphatic carbocycles. The van der Waals surface area contributed by atoms with E-state index in [1.165, 1.54) is 5.56 Å². The van der Waals surface area contributed by atoms with Gasteiger partial charge in [0.05, 0.1) is 0 Å². The second kappa shape index (κ2) is 6.23. The zero-order valence-corrected chi connectivity index (χ0v) is 12.9. The molecule has 1 aromatic heterocycles. The average molecular weight is 272 g/mol. The first-order chi connectivity index (χ1) is 9.60. The van der Waals surface area contributed by atoms with E-state index in [0.29, 0.717) is 0 Å². The van der Waals surface area contributed by atoms with E-state index in [0.717, 1.165) is 48.2 Å². The Labute approximate surface area is 120 Å². The SMILES string of the molecule is CCc1ccc2[nH]c(C)c(CN(CC)CC)c(=O)c2c1. The molecule has 1 aromatic carbocycles. The van der Waals surface area contributed by atoms with Crippen molar-refractivity contribution in [2.75, 3.05) is 13.1 Å². The molecule has 0 bridgehead atoms. The fourth-order valence-corrected chi connectivity index (χ4v) is 2.58. The molecule has 1 heterocycles. The lowest BCUT2D eigenvalue weighted by molar-refractivity contribution is 0.294. The van der Waals surface area contributed by atoms with E-state index in [4.69, 9.17) is 0 Å². The van der Waals surface area contributed by atoms with Crippen LogP contribution in [0.25, 0.3) is 10.9 Å². The summed E-state index contributed by atoms with van der Waals surface area (Å²) in [5.74, 6) is 0. The van der Waals surface area contributed by atoms with Crippen molar-refractivity contribution in [2.24, 2.45) is 0 Å². The zero-order valence-electron chi connectivity index (χ0n) is 12.9. The van der Waals surface area contributed by atoms with Crippen LogP contribution in [0.15, 0.2) is 23.0 Å². The lowest BCUT2D eigenvalue weighted by Crippen LogP contribution is -2.27. The van der Waals surface area contributed by atoms with Crippen LogP contribution >= 0.6 is 0 Å². The molecule has 1 N–H and O–H groups in total. The molecular formula is C17H24N2O. The van der Waals surface area contributed by atoms with E-state index in [1.54, 1.807) is 0 Å². The molecule has 0 spiro atoms. The number of aromatic nitrogens is 1. The second-order valence-corrected chi connectivity index (χ2v) is 5.25. The van der Waals surface area contributed by atoms with Gasteiger partial charge in [-0.3, -0.25) is 9.69 Å². The zero-order chi connectivity index (χ0) is 14.7. The molecular weight excluding hydrogens is 248 g/mol. The number of hydrogen-bond acceptors (Lipinski definition) is 2. The van der Waals surface area contributed by atoms with Gasteiger partial charge in [-0.15, -0.1) is 0 Å². The maximum absolute atomic E-state index is 12.7. The van der Waals surface area contributed by atoms with Crippen LogP contribution in [0.3, 0.4) is 0 Å². The fourth-order valence-electron chi connectivity index (χ4n) is 2.58. The number of aromatic amines is 1. The molecule has 0 aliphatic heterocycles. The van der Waals surface area contributed by atoms with Gasteiger partial charge in [0.1, 0.15) is 0 Å². The third-order valence-electron chi connectivity index (χ3n) is 4.06. The summed E-state index contributed by atoms with van der Waals surface area (Å²) in [5, 5.41) is 0.817. The minimum atomic E-state index is 0.179. The number of hydrogen-bond donors (Lipinski definition) is 1. The summed E-state index contributed by atoms with van der Waals surface area (Å²) < 4.78 is 0. The number of rotatable bonds is 5. The van der Waals surface area contributed by atoms with Gasteiger partial charge in [-0.05, 0) is 44.1 Å². The Morgan fingerprint density at radius 3 is 2.45 bits per heavy atom. The maximum atomic E-state index is 12.7. The van der Waals surface area contributed by atoms with Crippen LogP contribution in [0.1, 0.15) is 37.6 Å². The predicted molar refractivity (Wildman–Crippen MR) is 85.3 cm³/mol. The minimum absolute atomic E-state index is 0.179. The molecule has 2 rings (SSSR count). The number of nitrogens with one attached hydrogen (secondary N) is 1. The van der Waals surface area contributed by atoms with E-state index < -0.39 is 0 Å². The van der Waals surface area contributed by atoms with Crippen molar-refractivity contribution in [2.45, 2.75) is 40.7 Å². The van der Waals surface area contributed by atoms with Gasteiger partial charge in [-0.25, -0.2) is 0 Å². The van der Waals surface area contributed by atoms with Gasteiger partial charge in [0.15, 0.2) is 5.43 Å². The van der Waals surface area contributed by atoms with Crippen molar-refractivity contribution in [1.82, 2.24) is 9.88 Å². The normalized spacial score (nSPS) is 11.4. The van der Waals surface area contributed by atoms with Crippen molar-refractivity contribution in [3.05, 3.63) is 45.2 Å². The summed E-state index contributed by atoms with van der Waals surface area (Å²) in [5.41, 5.74) is 4.21. The molecule has 0 atom stereocenters. The molecule has 108 valence electrons. The first-order valence-corrected chi connectivity index (χ1v) is 7.47. The number of nitrogens with zero attached hydrogens (tertiary/aromatic N) is 1. The number of aryl methyl sites for hydroxylation is 2. The third kappa shape index (κ3) is 2.78. The Hall–Kier alpha value is -1.61. The van der Waals surface area contributed by atoms with Gasteiger partial charge >= 0.3 is 0 Å². The molecule has 20 heavy (non-hydrogen) atoms. The quantitative estimate of drug-likeness (QED) is 0.907. The predicted octanol–water partition coefficient (Wildman–Crippen LogP) is 3.24. The first-order valence-electron chi connectivity index (χ1n) is 7.47. The fraction of sp³-hybridized carbons (Fsp3) is 0.471. The molecule has 3 nitrogen and oxygen atoms in total. The Morgan fingerprint density at radius 1 is 1.15 bits per heavy atom. The van der Waals surface area contributed by atoms with E-state index >= 15 is 0 Å².